The monoisotopic (exact) mass is 297 g/mol. The van der Waals surface area contributed by atoms with Gasteiger partial charge in [-0.15, -0.1) is 0 Å². The van der Waals surface area contributed by atoms with E-state index in [9.17, 15) is 8.42 Å². The Kier molecular flexibility index (Phi) is 6.51. The molecule has 0 unspecified atom stereocenters. The van der Waals surface area contributed by atoms with Gasteiger partial charge < -0.3 is 10.6 Å². The van der Waals surface area contributed by atoms with Crippen LogP contribution in [0.2, 0.25) is 0 Å². The lowest BCUT2D eigenvalue weighted by Gasteiger charge is -2.10. The Hall–Kier alpha value is -1.56. The zero-order chi connectivity index (χ0) is 15.0. The lowest BCUT2D eigenvalue weighted by Crippen LogP contribution is -2.39. The van der Waals surface area contributed by atoms with Crippen LogP contribution in [0.1, 0.15) is 18.1 Å². The third kappa shape index (κ3) is 7.13. The molecule has 0 fully saturated rings. The Morgan fingerprint density at radius 1 is 1.30 bits per heavy atom. The molecule has 0 aliphatic rings. The van der Waals surface area contributed by atoms with E-state index in [-0.39, 0.29) is 5.75 Å². The van der Waals surface area contributed by atoms with Crippen molar-refractivity contribution in [1.29, 1.82) is 0 Å². The quantitative estimate of drug-likeness (QED) is 0.609. The Bertz CT molecular complexity index is 553. The summed E-state index contributed by atoms with van der Waals surface area (Å²) in [6, 6.07) is 8.16. The first-order valence-electron chi connectivity index (χ1n) is 6.66. The number of sulfone groups is 1. The molecular formula is C14H23N3O2S. The van der Waals surface area contributed by atoms with Gasteiger partial charge in [0, 0.05) is 19.3 Å². The van der Waals surface area contributed by atoms with Gasteiger partial charge in [0.2, 0.25) is 0 Å². The fourth-order valence-electron chi connectivity index (χ4n) is 1.68. The Morgan fingerprint density at radius 2 is 2.05 bits per heavy atom. The van der Waals surface area contributed by atoms with Crippen LogP contribution in [0.3, 0.4) is 0 Å². The highest BCUT2D eigenvalue weighted by atomic mass is 32.2. The van der Waals surface area contributed by atoms with Crippen molar-refractivity contribution in [2.45, 2.75) is 20.4 Å². The molecule has 0 spiro atoms. The van der Waals surface area contributed by atoms with Gasteiger partial charge in [0.05, 0.1) is 12.3 Å². The summed E-state index contributed by atoms with van der Waals surface area (Å²) in [6.07, 6.45) is 1.23. The van der Waals surface area contributed by atoms with Crippen LogP contribution >= 0.6 is 0 Å². The van der Waals surface area contributed by atoms with Gasteiger partial charge in [0.25, 0.3) is 0 Å². The smallest absolute Gasteiger partial charge is 0.191 e. The summed E-state index contributed by atoms with van der Waals surface area (Å²) >= 11 is 0. The van der Waals surface area contributed by atoms with E-state index in [0.29, 0.717) is 19.0 Å². The molecular weight excluding hydrogens is 274 g/mol. The lowest BCUT2D eigenvalue weighted by atomic mass is 10.1. The summed E-state index contributed by atoms with van der Waals surface area (Å²) in [5.41, 5.74) is 2.33. The van der Waals surface area contributed by atoms with Crippen LogP contribution in [0, 0.1) is 6.92 Å². The van der Waals surface area contributed by atoms with Crippen LogP contribution in [0.25, 0.3) is 0 Å². The highest BCUT2D eigenvalue weighted by molar-refractivity contribution is 7.90. The highest BCUT2D eigenvalue weighted by Gasteiger charge is 2.03. The Labute approximate surface area is 121 Å². The number of aryl methyl sites for hydroxylation is 1. The van der Waals surface area contributed by atoms with E-state index in [2.05, 4.69) is 21.7 Å². The normalized spacial score (nSPS) is 12.2. The molecule has 0 radical (unpaired) electrons. The van der Waals surface area contributed by atoms with Gasteiger partial charge in [0.1, 0.15) is 9.84 Å². The number of rotatable bonds is 6. The molecule has 0 aromatic heterocycles. The average molecular weight is 297 g/mol. The molecule has 0 atom stereocenters. The van der Waals surface area contributed by atoms with E-state index in [1.54, 1.807) is 0 Å². The SMILES string of the molecule is CCNC(=NCc1cccc(C)c1)NCCS(C)(=O)=O. The van der Waals surface area contributed by atoms with Crippen molar-refractivity contribution in [3.05, 3.63) is 35.4 Å². The van der Waals surface area contributed by atoms with Gasteiger partial charge in [-0.1, -0.05) is 29.8 Å². The number of guanidine groups is 1. The maximum atomic E-state index is 11.1. The van der Waals surface area contributed by atoms with Crippen molar-refractivity contribution in [3.63, 3.8) is 0 Å². The predicted molar refractivity (Wildman–Crippen MR) is 83.7 cm³/mol. The number of hydrogen-bond donors (Lipinski definition) is 2. The molecule has 1 rings (SSSR count). The number of aliphatic imine (C=N–C) groups is 1. The van der Waals surface area contributed by atoms with E-state index in [1.807, 2.05) is 32.0 Å². The molecule has 0 bridgehead atoms. The fourth-order valence-corrected chi connectivity index (χ4v) is 2.15. The first-order chi connectivity index (χ1) is 9.40. The number of benzene rings is 1. The molecule has 112 valence electrons. The zero-order valence-electron chi connectivity index (χ0n) is 12.3. The summed E-state index contributed by atoms with van der Waals surface area (Å²) in [7, 11) is -2.95. The van der Waals surface area contributed by atoms with Crippen LogP contribution in [-0.4, -0.2) is 39.5 Å². The second-order valence-corrected chi connectivity index (χ2v) is 7.00. The molecule has 0 saturated heterocycles. The van der Waals surface area contributed by atoms with Gasteiger partial charge in [-0.3, -0.25) is 0 Å². The Morgan fingerprint density at radius 3 is 2.65 bits per heavy atom. The molecule has 6 heteroatoms. The topological polar surface area (TPSA) is 70.6 Å². The van der Waals surface area contributed by atoms with Gasteiger partial charge in [-0.2, -0.15) is 0 Å². The average Bonchev–Trinajstić information content (AvgIpc) is 2.34. The molecule has 0 heterocycles. The first kappa shape index (κ1) is 16.5. The number of nitrogens with one attached hydrogen (secondary N) is 2. The lowest BCUT2D eigenvalue weighted by molar-refractivity contribution is 0.600. The molecule has 5 nitrogen and oxygen atoms in total. The minimum absolute atomic E-state index is 0.0991. The molecule has 1 aromatic rings. The minimum Gasteiger partial charge on any atom is -0.357 e. The van der Waals surface area contributed by atoms with Crippen LogP contribution in [0.15, 0.2) is 29.3 Å². The van der Waals surface area contributed by atoms with E-state index in [4.69, 9.17) is 0 Å². The van der Waals surface area contributed by atoms with E-state index < -0.39 is 9.84 Å². The summed E-state index contributed by atoms with van der Waals surface area (Å²) < 4.78 is 22.2. The largest absolute Gasteiger partial charge is 0.357 e. The van der Waals surface area contributed by atoms with E-state index in [0.717, 1.165) is 12.1 Å². The van der Waals surface area contributed by atoms with Crippen LogP contribution in [0.5, 0.6) is 0 Å². The third-order valence-electron chi connectivity index (χ3n) is 2.61. The van der Waals surface area contributed by atoms with Crippen molar-refractivity contribution in [1.82, 2.24) is 10.6 Å². The molecule has 0 aliphatic heterocycles. The minimum atomic E-state index is -2.95. The first-order valence-corrected chi connectivity index (χ1v) is 8.72. The number of nitrogens with zero attached hydrogens (tertiary/aromatic N) is 1. The summed E-state index contributed by atoms with van der Waals surface area (Å²) in [5, 5.41) is 6.12. The highest BCUT2D eigenvalue weighted by Crippen LogP contribution is 2.04. The summed E-state index contributed by atoms with van der Waals surface area (Å²) in [5.74, 6) is 0.736. The van der Waals surface area contributed by atoms with Gasteiger partial charge in [0.15, 0.2) is 5.96 Å². The van der Waals surface area contributed by atoms with Crippen molar-refractivity contribution in [2.24, 2.45) is 4.99 Å². The van der Waals surface area contributed by atoms with E-state index >= 15 is 0 Å². The van der Waals surface area contributed by atoms with Crippen LogP contribution in [0.4, 0.5) is 0 Å². The third-order valence-corrected chi connectivity index (χ3v) is 3.56. The molecule has 0 saturated carbocycles. The molecule has 2 N–H and O–H groups in total. The maximum Gasteiger partial charge on any atom is 0.191 e. The number of hydrogen-bond acceptors (Lipinski definition) is 3. The summed E-state index contributed by atoms with van der Waals surface area (Å²) in [4.78, 5) is 4.44. The van der Waals surface area contributed by atoms with Crippen molar-refractivity contribution in [2.75, 3.05) is 25.1 Å². The summed E-state index contributed by atoms with van der Waals surface area (Å²) in [6.45, 7) is 5.68. The molecule has 0 amide bonds. The second-order valence-electron chi connectivity index (χ2n) is 4.74. The van der Waals surface area contributed by atoms with Crippen LogP contribution in [-0.2, 0) is 16.4 Å². The van der Waals surface area contributed by atoms with Gasteiger partial charge >= 0.3 is 0 Å². The Balaban J connectivity index is 2.58. The van der Waals surface area contributed by atoms with Crippen molar-refractivity contribution in [3.8, 4) is 0 Å². The predicted octanol–water partition coefficient (Wildman–Crippen LogP) is 1.09. The second kappa shape index (κ2) is 7.89. The molecule has 1 aromatic carbocycles. The molecule has 0 aliphatic carbocycles. The fraction of sp³-hybridized carbons (Fsp3) is 0.500. The standard InChI is InChI=1S/C14H23N3O2S/c1-4-15-14(16-8-9-20(3,18)19)17-11-13-7-5-6-12(2)10-13/h5-7,10H,4,8-9,11H2,1-3H3,(H2,15,16,17). The van der Waals surface area contributed by atoms with Gasteiger partial charge in [-0.25, -0.2) is 13.4 Å². The molecule has 20 heavy (non-hydrogen) atoms. The van der Waals surface area contributed by atoms with Crippen molar-refractivity contribution >= 4 is 15.8 Å². The van der Waals surface area contributed by atoms with Crippen LogP contribution < -0.4 is 10.6 Å². The van der Waals surface area contributed by atoms with Gasteiger partial charge in [-0.05, 0) is 19.4 Å². The zero-order valence-corrected chi connectivity index (χ0v) is 13.1. The van der Waals surface area contributed by atoms with Crippen molar-refractivity contribution < 1.29 is 8.42 Å². The van der Waals surface area contributed by atoms with E-state index in [1.165, 1.54) is 11.8 Å². The maximum absolute atomic E-state index is 11.1.